The Balaban J connectivity index is 2.71. The van der Waals surface area contributed by atoms with Crippen molar-refractivity contribution in [3.8, 4) is 16.9 Å². The summed E-state index contributed by atoms with van der Waals surface area (Å²) < 4.78 is 19.1. The normalized spacial score (nSPS) is 10.4. The third-order valence-corrected chi connectivity index (χ3v) is 3.45. The number of rotatable bonds is 3. The van der Waals surface area contributed by atoms with E-state index < -0.39 is 11.8 Å². The van der Waals surface area contributed by atoms with Crippen LogP contribution in [-0.4, -0.2) is 18.2 Å². The minimum atomic E-state index is -1.11. The van der Waals surface area contributed by atoms with Crippen LogP contribution in [-0.2, 0) is 0 Å². The fraction of sp³-hybridized carbons (Fsp3) is 0.133. The van der Waals surface area contributed by atoms with Gasteiger partial charge in [-0.2, -0.15) is 0 Å². The topological polar surface area (TPSA) is 46.5 Å². The average Bonchev–Trinajstić information content (AvgIpc) is 2.42. The van der Waals surface area contributed by atoms with Gasteiger partial charge in [-0.1, -0.05) is 11.6 Å². The summed E-state index contributed by atoms with van der Waals surface area (Å²) in [6.07, 6.45) is 0. The Morgan fingerprint density at radius 2 is 1.95 bits per heavy atom. The Bertz CT molecular complexity index is 683. The highest BCUT2D eigenvalue weighted by atomic mass is 35.5. The van der Waals surface area contributed by atoms with E-state index in [1.54, 1.807) is 6.92 Å². The van der Waals surface area contributed by atoms with Crippen LogP contribution in [0.15, 0.2) is 30.3 Å². The molecule has 0 aliphatic carbocycles. The van der Waals surface area contributed by atoms with E-state index in [0.29, 0.717) is 16.9 Å². The number of hydrogen-bond acceptors (Lipinski definition) is 2. The Labute approximate surface area is 120 Å². The van der Waals surface area contributed by atoms with Crippen molar-refractivity contribution >= 4 is 17.6 Å². The largest absolute Gasteiger partial charge is 0.497 e. The van der Waals surface area contributed by atoms with E-state index in [4.69, 9.17) is 21.4 Å². The lowest BCUT2D eigenvalue weighted by Crippen LogP contribution is -1.99. The minimum absolute atomic E-state index is 0.0119. The van der Waals surface area contributed by atoms with Crippen LogP contribution in [0.4, 0.5) is 4.39 Å². The fourth-order valence-corrected chi connectivity index (χ4v) is 2.14. The molecule has 5 heteroatoms. The minimum Gasteiger partial charge on any atom is -0.497 e. The summed E-state index contributed by atoms with van der Waals surface area (Å²) in [4.78, 5) is 11.1. The molecule has 0 saturated heterocycles. The van der Waals surface area contributed by atoms with Crippen LogP contribution >= 0.6 is 11.6 Å². The van der Waals surface area contributed by atoms with Crippen LogP contribution in [0.2, 0.25) is 5.02 Å². The molecule has 0 aromatic heterocycles. The van der Waals surface area contributed by atoms with Gasteiger partial charge in [0.15, 0.2) is 0 Å². The Morgan fingerprint density at radius 1 is 1.25 bits per heavy atom. The predicted octanol–water partition coefficient (Wildman–Crippen LogP) is 4.16. The molecule has 0 bridgehead atoms. The number of hydrogen-bond donors (Lipinski definition) is 1. The molecule has 104 valence electrons. The van der Waals surface area contributed by atoms with Crippen LogP contribution in [0.25, 0.3) is 11.1 Å². The van der Waals surface area contributed by atoms with Gasteiger partial charge in [-0.25, -0.2) is 9.18 Å². The van der Waals surface area contributed by atoms with Crippen LogP contribution < -0.4 is 4.74 Å². The molecule has 0 saturated carbocycles. The molecule has 0 aliphatic rings. The molecular weight excluding hydrogens is 283 g/mol. The van der Waals surface area contributed by atoms with E-state index >= 15 is 0 Å². The smallest absolute Gasteiger partial charge is 0.335 e. The van der Waals surface area contributed by atoms with Gasteiger partial charge in [-0.15, -0.1) is 0 Å². The molecule has 2 rings (SSSR count). The summed E-state index contributed by atoms with van der Waals surface area (Å²) in [5.74, 6) is -1.10. The molecule has 0 radical (unpaired) electrons. The molecule has 1 N–H and O–H groups in total. The second-order valence-electron chi connectivity index (χ2n) is 4.28. The second kappa shape index (κ2) is 5.51. The second-order valence-corrected chi connectivity index (χ2v) is 4.69. The maximum atomic E-state index is 14.0. The first-order valence-electron chi connectivity index (χ1n) is 5.81. The summed E-state index contributed by atoms with van der Waals surface area (Å²) in [6, 6.07) is 7.04. The van der Waals surface area contributed by atoms with E-state index in [1.807, 2.05) is 0 Å². The number of carboxylic acids is 1. The number of aromatic carboxylic acids is 1. The number of carboxylic acid groups (broad SMARTS) is 1. The average molecular weight is 295 g/mol. The van der Waals surface area contributed by atoms with Crippen molar-refractivity contribution in [2.24, 2.45) is 0 Å². The zero-order chi connectivity index (χ0) is 14.9. The first-order chi connectivity index (χ1) is 9.43. The number of carbonyl (C=O) groups is 1. The number of halogens is 2. The molecule has 0 unspecified atom stereocenters. The molecular formula is C15H12ClFO3. The quantitative estimate of drug-likeness (QED) is 0.924. The third-order valence-electron chi connectivity index (χ3n) is 3.05. The zero-order valence-corrected chi connectivity index (χ0v) is 11.7. The van der Waals surface area contributed by atoms with Gasteiger partial charge in [0.2, 0.25) is 0 Å². The number of benzene rings is 2. The summed E-state index contributed by atoms with van der Waals surface area (Å²) in [6.45, 7) is 1.71. The Kier molecular flexibility index (Phi) is 3.95. The molecule has 0 atom stereocenters. The standard InChI is InChI=1S/C15H12ClFO3/c1-8-11(5-9(15(18)19)6-13(8)16)12-7-10(20-2)3-4-14(12)17/h3-7H,1-2H3,(H,18,19). The van der Waals surface area contributed by atoms with Gasteiger partial charge in [0, 0.05) is 10.6 Å². The van der Waals surface area contributed by atoms with Crippen LogP contribution in [0, 0.1) is 12.7 Å². The molecule has 0 heterocycles. The summed E-state index contributed by atoms with van der Waals surface area (Å²) in [5, 5.41) is 9.34. The van der Waals surface area contributed by atoms with E-state index in [-0.39, 0.29) is 16.1 Å². The fourth-order valence-electron chi connectivity index (χ4n) is 1.92. The van der Waals surface area contributed by atoms with Crippen molar-refractivity contribution in [3.05, 3.63) is 52.3 Å². The Morgan fingerprint density at radius 3 is 2.55 bits per heavy atom. The van der Waals surface area contributed by atoms with Gasteiger partial charge in [-0.3, -0.25) is 0 Å². The molecule has 2 aromatic carbocycles. The first-order valence-corrected chi connectivity index (χ1v) is 6.19. The van der Waals surface area contributed by atoms with Gasteiger partial charge >= 0.3 is 5.97 Å². The van der Waals surface area contributed by atoms with E-state index in [1.165, 1.54) is 37.4 Å². The van der Waals surface area contributed by atoms with Crippen molar-refractivity contribution in [2.45, 2.75) is 6.92 Å². The molecule has 0 aliphatic heterocycles. The highest BCUT2D eigenvalue weighted by Gasteiger charge is 2.15. The van der Waals surface area contributed by atoms with Gasteiger partial charge in [0.05, 0.1) is 12.7 Å². The highest BCUT2D eigenvalue weighted by molar-refractivity contribution is 6.32. The van der Waals surface area contributed by atoms with E-state index in [0.717, 1.165) is 0 Å². The number of methoxy groups -OCH3 is 1. The lowest BCUT2D eigenvalue weighted by molar-refractivity contribution is 0.0697. The van der Waals surface area contributed by atoms with Crippen LogP contribution in [0.3, 0.4) is 0 Å². The SMILES string of the molecule is COc1ccc(F)c(-c2cc(C(=O)O)cc(Cl)c2C)c1. The number of ether oxygens (including phenoxy) is 1. The molecule has 2 aromatic rings. The molecule has 20 heavy (non-hydrogen) atoms. The molecule has 3 nitrogen and oxygen atoms in total. The van der Waals surface area contributed by atoms with Crippen molar-refractivity contribution in [2.75, 3.05) is 7.11 Å². The van der Waals surface area contributed by atoms with Crippen LogP contribution in [0.1, 0.15) is 15.9 Å². The molecule has 0 amide bonds. The van der Waals surface area contributed by atoms with Crippen molar-refractivity contribution in [3.63, 3.8) is 0 Å². The maximum Gasteiger partial charge on any atom is 0.335 e. The van der Waals surface area contributed by atoms with Gasteiger partial charge in [-0.05, 0) is 48.4 Å². The summed E-state index contributed by atoms with van der Waals surface area (Å²) >= 11 is 6.02. The van der Waals surface area contributed by atoms with Crippen molar-refractivity contribution in [1.29, 1.82) is 0 Å². The lowest BCUT2D eigenvalue weighted by Gasteiger charge is -2.12. The molecule has 0 fully saturated rings. The Hall–Kier alpha value is -2.07. The van der Waals surface area contributed by atoms with Gasteiger partial charge < -0.3 is 9.84 Å². The van der Waals surface area contributed by atoms with Gasteiger partial charge in [0.1, 0.15) is 11.6 Å². The van der Waals surface area contributed by atoms with Gasteiger partial charge in [0.25, 0.3) is 0 Å². The summed E-state index contributed by atoms with van der Waals surface area (Å²) in [7, 11) is 1.48. The van der Waals surface area contributed by atoms with E-state index in [9.17, 15) is 9.18 Å². The van der Waals surface area contributed by atoms with Crippen molar-refractivity contribution in [1.82, 2.24) is 0 Å². The zero-order valence-electron chi connectivity index (χ0n) is 10.9. The third kappa shape index (κ3) is 2.60. The lowest BCUT2D eigenvalue weighted by atomic mass is 9.97. The van der Waals surface area contributed by atoms with Crippen LogP contribution in [0.5, 0.6) is 5.75 Å². The maximum absolute atomic E-state index is 14.0. The van der Waals surface area contributed by atoms with E-state index in [2.05, 4.69) is 0 Å². The predicted molar refractivity (Wildman–Crippen MR) is 75.1 cm³/mol. The first kappa shape index (κ1) is 14.3. The molecule has 0 spiro atoms. The highest BCUT2D eigenvalue weighted by Crippen LogP contribution is 2.33. The summed E-state index contributed by atoms with van der Waals surface area (Å²) in [5.41, 5.74) is 1.32. The monoisotopic (exact) mass is 294 g/mol. The van der Waals surface area contributed by atoms with Crippen molar-refractivity contribution < 1.29 is 19.0 Å².